The molecule has 0 N–H and O–H groups in total. The van der Waals surface area contributed by atoms with E-state index in [-0.39, 0.29) is 30.7 Å². The predicted molar refractivity (Wildman–Crippen MR) is 106 cm³/mol. The Morgan fingerprint density at radius 3 is 2.43 bits per heavy atom. The van der Waals surface area contributed by atoms with Crippen LogP contribution < -0.4 is 4.90 Å². The molecular weight excluding hydrogens is 391 g/mol. The van der Waals surface area contributed by atoms with Gasteiger partial charge in [-0.15, -0.1) is 5.10 Å². The second-order valence-electron chi connectivity index (χ2n) is 8.56. The maximum atomic E-state index is 13.3. The summed E-state index contributed by atoms with van der Waals surface area (Å²) in [5.74, 6) is -0.409. The zero-order valence-corrected chi connectivity index (χ0v) is 17.1. The average molecular weight is 414 g/mol. The van der Waals surface area contributed by atoms with Gasteiger partial charge in [0.15, 0.2) is 5.82 Å². The van der Waals surface area contributed by atoms with Crippen LogP contribution in [-0.4, -0.2) is 38.7 Å². The van der Waals surface area contributed by atoms with Gasteiger partial charge in [-0.25, -0.2) is 13.9 Å². The zero-order valence-electron chi connectivity index (χ0n) is 17.1. The number of fused-ring (bicyclic) bond motifs is 1. The van der Waals surface area contributed by atoms with E-state index in [1.165, 1.54) is 38.7 Å². The Morgan fingerprint density at radius 2 is 1.87 bits per heavy atom. The van der Waals surface area contributed by atoms with Crippen molar-refractivity contribution < 1.29 is 23.5 Å². The molecule has 1 aromatic carbocycles. The molecule has 0 saturated heterocycles. The summed E-state index contributed by atoms with van der Waals surface area (Å²) in [6, 6.07) is 5.40. The maximum absolute atomic E-state index is 13.3. The van der Waals surface area contributed by atoms with Gasteiger partial charge in [0.25, 0.3) is 0 Å². The third kappa shape index (κ3) is 3.79. The Balaban J connectivity index is 1.71. The number of amides is 2. The van der Waals surface area contributed by atoms with Crippen molar-refractivity contribution in [2.24, 2.45) is 5.92 Å². The molecule has 2 heterocycles. The number of hydrogen-bond donors (Lipinski definition) is 0. The van der Waals surface area contributed by atoms with Crippen LogP contribution in [-0.2, 0) is 22.6 Å². The van der Waals surface area contributed by atoms with E-state index in [0.29, 0.717) is 23.4 Å². The fraction of sp³-hybridized carbons (Fsp3) is 0.429. The summed E-state index contributed by atoms with van der Waals surface area (Å²) in [5.41, 5.74) is 0.925. The molecule has 1 aromatic heterocycles. The van der Waals surface area contributed by atoms with Gasteiger partial charge in [0.1, 0.15) is 11.4 Å². The van der Waals surface area contributed by atoms with Gasteiger partial charge in [0.05, 0.1) is 24.5 Å². The fourth-order valence-corrected chi connectivity index (χ4v) is 3.39. The highest BCUT2D eigenvalue weighted by atomic mass is 19.1. The standard InChI is InChI=1S/C21H23FN4O4/c1-21(2,3)30-20(29)24-10-16-17(11-24)26(19(28)13-4-5-13)23-18(16)25(12-27)15-8-6-14(22)7-9-15/h6-9,12-13H,4-5,10-11H2,1-3H3. The normalized spacial score (nSPS) is 15.7. The van der Waals surface area contributed by atoms with Crippen LogP contribution in [0.2, 0.25) is 0 Å². The van der Waals surface area contributed by atoms with Crippen LogP contribution >= 0.6 is 0 Å². The largest absolute Gasteiger partial charge is 0.444 e. The molecule has 9 heteroatoms. The minimum Gasteiger partial charge on any atom is -0.444 e. The van der Waals surface area contributed by atoms with Gasteiger partial charge in [0, 0.05) is 11.5 Å². The highest BCUT2D eigenvalue weighted by Gasteiger charge is 2.39. The third-order valence-electron chi connectivity index (χ3n) is 4.98. The lowest BCUT2D eigenvalue weighted by Crippen LogP contribution is -2.34. The van der Waals surface area contributed by atoms with E-state index < -0.39 is 17.5 Å². The molecule has 0 unspecified atom stereocenters. The van der Waals surface area contributed by atoms with E-state index in [2.05, 4.69) is 5.10 Å². The molecule has 0 atom stereocenters. The molecule has 2 amide bonds. The van der Waals surface area contributed by atoms with Crippen LogP contribution in [0.15, 0.2) is 24.3 Å². The van der Waals surface area contributed by atoms with Crippen LogP contribution in [0.1, 0.15) is 49.7 Å². The first-order chi connectivity index (χ1) is 14.2. The van der Waals surface area contributed by atoms with Gasteiger partial charge < -0.3 is 4.74 Å². The maximum Gasteiger partial charge on any atom is 0.410 e. The highest BCUT2D eigenvalue weighted by molar-refractivity contribution is 5.89. The number of nitrogens with zero attached hydrogens (tertiary/aromatic N) is 4. The molecule has 30 heavy (non-hydrogen) atoms. The lowest BCUT2D eigenvalue weighted by atomic mass is 10.2. The number of anilines is 2. The molecule has 2 aliphatic rings. The van der Waals surface area contributed by atoms with E-state index in [4.69, 9.17) is 4.74 Å². The van der Waals surface area contributed by atoms with Crippen molar-refractivity contribution in [1.82, 2.24) is 14.7 Å². The topological polar surface area (TPSA) is 84.7 Å². The summed E-state index contributed by atoms with van der Waals surface area (Å²) in [6.45, 7) is 5.65. The fourth-order valence-electron chi connectivity index (χ4n) is 3.39. The monoisotopic (exact) mass is 414 g/mol. The number of aromatic nitrogens is 2. The molecule has 0 bridgehead atoms. The number of carbonyl (C=O) groups excluding carboxylic acids is 3. The van der Waals surface area contributed by atoms with E-state index >= 15 is 0 Å². The second kappa shape index (κ2) is 7.23. The smallest absolute Gasteiger partial charge is 0.410 e. The van der Waals surface area contributed by atoms with Gasteiger partial charge >= 0.3 is 6.09 Å². The van der Waals surface area contributed by atoms with Gasteiger partial charge in [-0.05, 0) is 57.9 Å². The zero-order chi connectivity index (χ0) is 21.6. The number of carbonyl (C=O) groups is 3. The molecule has 1 aliphatic heterocycles. The number of benzene rings is 1. The van der Waals surface area contributed by atoms with Crippen molar-refractivity contribution in [3.05, 3.63) is 41.3 Å². The second-order valence-corrected chi connectivity index (χ2v) is 8.56. The minimum absolute atomic E-state index is 0.0899. The first-order valence-corrected chi connectivity index (χ1v) is 9.81. The van der Waals surface area contributed by atoms with Crippen LogP contribution in [0.4, 0.5) is 20.7 Å². The Bertz CT molecular complexity index is 1010. The molecule has 0 radical (unpaired) electrons. The molecule has 1 aliphatic carbocycles. The lowest BCUT2D eigenvalue weighted by Gasteiger charge is -2.24. The summed E-state index contributed by atoms with van der Waals surface area (Å²) in [6.07, 6.45) is 1.66. The van der Waals surface area contributed by atoms with Crippen LogP contribution in [0.25, 0.3) is 0 Å². The molecule has 1 saturated carbocycles. The number of rotatable bonds is 4. The summed E-state index contributed by atoms with van der Waals surface area (Å²) in [7, 11) is 0. The van der Waals surface area contributed by atoms with Crippen molar-refractivity contribution in [3.63, 3.8) is 0 Å². The Hall–Kier alpha value is -3.23. The summed E-state index contributed by atoms with van der Waals surface area (Å²) in [5, 5.41) is 4.42. The van der Waals surface area contributed by atoms with Crippen molar-refractivity contribution in [1.29, 1.82) is 0 Å². The van der Waals surface area contributed by atoms with Crippen molar-refractivity contribution in [3.8, 4) is 0 Å². The average Bonchev–Trinajstić information content (AvgIpc) is 3.34. The minimum atomic E-state index is -0.659. The summed E-state index contributed by atoms with van der Waals surface area (Å²) < 4.78 is 20.1. The lowest BCUT2D eigenvalue weighted by molar-refractivity contribution is -0.106. The first-order valence-electron chi connectivity index (χ1n) is 9.81. The first kappa shape index (κ1) is 20.1. The van der Waals surface area contributed by atoms with Gasteiger partial charge in [-0.1, -0.05) is 0 Å². The molecule has 2 aromatic rings. The van der Waals surface area contributed by atoms with Crippen LogP contribution in [0.3, 0.4) is 0 Å². The number of halogens is 1. The van der Waals surface area contributed by atoms with Gasteiger partial charge in [0.2, 0.25) is 12.3 Å². The van der Waals surface area contributed by atoms with Crippen molar-refractivity contribution in [2.75, 3.05) is 4.90 Å². The van der Waals surface area contributed by atoms with Crippen molar-refractivity contribution >= 4 is 29.9 Å². The SMILES string of the molecule is CC(C)(C)OC(=O)N1Cc2c(N(C=O)c3ccc(F)cc3)nn(C(=O)C3CC3)c2C1. The third-order valence-corrected chi connectivity index (χ3v) is 4.98. The molecule has 0 spiro atoms. The molecular formula is C21H23FN4O4. The predicted octanol–water partition coefficient (Wildman–Crippen LogP) is 3.62. The van der Waals surface area contributed by atoms with E-state index in [1.807, 2.05) is 0 Å². The Labute approximate surface area is 173 Å². The number of hydrogen-bond acceptors (Lipinski definition) is 5. The summed E-state index contributed by atoms with van der Waals surface area (Å²) in [4.78, 5) is 40.0. The van der Waals surface area contributed by atoms with Crippen molar-refractivity contribution in [2.45, 2.75) is 52.3 Å². The van der Waals surface area contributed by atoms with Crippen LogP contribution in [0.5, 0.6) is 0 Å². The Kier molecular flexibility index (Phi) is 4.83. The Morgan fingerprint density at radius 1 is 1.20 bits per heavy atom. The van der Waals surface area contributed by atoms with Gasteiger partial charge in [-0.3, -0.25) is 19.4 Å². The quantitative estimate of drug-likeness (QED) is 0.714. The molecule has 8 nitrogen and oxygen atoms in total. The molecule has 4 rings (SSSR count). The molecule has 1 fully saturated rings. The molecule has 158 valence electrons. The van der Waals surface area contributed by atoms with Crippen LogP contribution in [0, 0.1) is 11.7 Å². The van der Waals surface area contributed by atoms with E-state index in [0.717, 1.165) is 12.8 Å². The summed E-state index contributed by atoms with van der Waals surface area (Å²) >= 11 is 0. The number of ether oxygens (including phenoxy) is 1. The van der Waals surface area contributed by atoms with Gasteiger partial charge in [-0.2, -0.15) is 0 Å². The van der Waals surface area contributed by atoms with E-state index in [9.17, 15) is 18.8 Å². The van der Waals surface area contributed by atoms with E-state index in [1.54, 1.807) is 20.8 Å². The highest BCUT2D eigenvalue weighted by Crippen LogP contribution is 2.38.